The topological polar surface area (TPSA) is 86.8 Å². The molecule has 0 heterocycles. The summed E-state index contributed by atoms with van der Waals surface area (Å²) in [5.74, 6) is -1.42. The van der Waals surface area contributed by atoms with Crippen LogP contribution in [0.5, 0.6) is 0 Å². The van der Waals surface area contributed by atoms with Gasteiger partial charge in [-0.15, -0.1) is 0 Å². The monoisotopic (exact) mass is 573 g/mol. The second kappa shape index (κ2) is 13.2. The molecule has 0 saturated carbocycles. The molecule has 0 radical (unpaired) electrons. The van der Waals surface area contributed by atoms with Crippen molar-refractivity contribution < 1.29 is 22.4 Å². The van der Waals surface area contributed by atoms with Crippen LogP contribution in [0, 0.1) is 12.7 Å². The summed E-state index contributed by atoms with van der Waals surface area (Å²) in [4.78, 5) is 28.8. The van der Waals surface area contributed by atoms with Crippen molar-refractivity contribution in [2.24, 2.45) is 0 Å². The molecule has 0 saturated heterocycles. The van der Waals surface area contributed by atoms with Crippen molar-refractivity contribution >= 4 is 27.5 Å². The van der Waals surface area contributed by atoms with Crippen molar-refractivity contribution in [3.05, 3.63) is 132 Å². The molecule has 0 unspecified atom stereocenters. The molecule has 0 aliphatic carbocycles. The predicted molar refractivity (Wildman–Crippen MR) is 157 cm³/mol. The van der Waals surface area contributed by atoms with Gasteiger partial charge in [0.15, 0.2) is 0 Å². The molecular weight excluding hydrogens is 541 g/mol. The van der Waals surface area contributed by atoms with Gasteiger partial charge in [0.2, 0.25) is 11.8 Å². The number of likely N-dealkylation sites (N-methyl/N-ethyl adjacent to an activating group) is 1. The van der Waals surface area contributed by atoms with Gasteiger partial charge in [-0.2, -0.15) is 0 Å². The average molecular weight is 574 g/mol. The minimum Gasteiger partial charge on any atom is -0.357 e. The van der Waals surface area contributed by atoms with E-state index in [1.807, 2.05) is 37.3 Å². The molecule has 0 aliphatic rings. The number of aryl methyl sites for hydroxylation is 1. The van der Waals surface area contributed by atoms with E-state index in [4.69, 9.17) is 0 Å². The number of halogens is 1. The molecule has 4 rings (SSSR count). The van der Waals surface area contributed by atoms with Crippen molar-refractivity contribution in [1.82, 2.24) is 10.2 Å². The van der Waals surface area contributed by atoms with Crippen molar-refractivity contribution in [2.45, 2.75) is 30.8 Å². The van der Waals surface area contributed by atoms with Crippen molar-refractivity contribution in [3.63, 3.8) is 0 Å². The summed E-state index contributed by atoms with van der Waals surface area (Å²) in [6.45, 7) is 1.30. The molecule has 4 aromatic carbocycles. The first-order valence-corrected chi connectivity index (χ1v) is 14.6. The number of carbonyl (C=O) groups is 2. The third kappa shape index (κ3) is 7.37. The maximum atomic E-state index is 14.2. The van der Waals surface area contributed by atoms with Crippen LogP contribution in [0.4, 0.5) is 10.1 Å². The van der Waals surface area contributed by atoms with Crippen LogP contribution >= 0.6 is 0 Å². The zero-order chi connectivity index (χ0) is 29.4. The van der Waals surface area contributed by atoms with E-state index in [1.54, 1.807) is 42.5 Å². The highest BCUT2D eigenvalue weighted by atomic mass is 32.2. The summed E-state index contributed by atoms with van der Waals surface area (Å²) < 4.78 is 42.4. The largest absolute Gasteiger partial charge is 0.357 e. The molecular formula is C32H32FN3O4S. The number of sulfonamides is 1. The standard InChI is InChI=1S/C32H32FN3O4S/c1-24-13-19-28(20-14-24)36(41(39,40)29-11-7-4-8-12-29)23-31(37)35(22-26-15-17-27(33)18-16-26)30(32(38)34-2)21-25-9-5-3-6-10-25/h3-20,30H,21-23H2,1-2H3,(H,34,38)/t30-/m1/s1. The summed E-state index contributed by atoms with van der Waals surface area (Å²) in [5.41, 5.74) is 2.66. The summed E-state index contributed by atoms with van der Waals surface area (Å²) >= 11 is 0. The second-order valence-corrected chi connectivity index (χ2v) is 11.5. The Morgan fingerprint density at radius 3 is 1.98 bits per heavy atom. The lowest BCUT2D eigenvalue weighted by Gasteiger charge is -2.33. The zero-order valence-corrected chi connectivity index (χ0v) is 23.7. The number of hydrogen-bond acceptors (Lipinski definition) is 4. The smallest absolute Gasteiger partial charge is 0.264 e. The van der Waals surface area contributed by atoms with Crippen molar-refractivity contribution in [3.8, 4) is 0 Å². The van der Waals surface area contributed by atoms with Gasteiger partial charge < -0.3 is 10.2 Å². The lowest BCUT2D eigenvalue weighted by Crippen LogP contribution is -2.53. The van der Waals surface area contributed by atoms with Crippen LogP contribution in [0.15, 0.2) is 114 Å². The quantitative estimate of drug-likeness (QED) is 0.282. The van der Waals surface area contributed by atoms with Crippen LogP contribution in [0.2, 0.25) is 0 Å². The number of carbonyl (C=O) groups excluding carboxylic acids is 2. The molecule has 212 valence electrons. The SMILES string of the molecule is CNC(=O)[C@@H](Cc1ccccc1)N(Cc1ccc(F)cc1)C(=O)CN(c1ccc(C)cc1)S(=O)(=O)c1ccccc1. The summed E-state index contributed by atoms with van der Waals surface area (Å²) in [6, 6.07) is 28.6. The van der Waals surface area contributed by atoms with Crippen LogP contribution in [-0.4, -0.2) is 44.8 Å². The van der Waals surface area contributed by atoms with Gasteiger partial charge in [0.25, 0.3) is 10.0 Å². The molecule has 41 heavy (non-hydrogen) atoms. The van der Waals surface area contributed by atoms with E-state index in [2.05, 4.69) is 5.32 Å². The van der Waals surface area contributed by atoms with Crippen LogP contribution in [-0.2, 0) is 32.6 Å². The molecule has 0 fully saturated rings. The second-order valence-electron chi connectivity index (χ2n) is 9.63. The summed E-state index contributed by atoms with van der Waals surface area (Å²) in [5, 5.41) is 2.64. The number of hydrogen-bond donors (Lipinski definition) is 1. The summed E-state index contributed by atoms with van der Waals surface area (Å²) in [6.07, 6.45) is 0.198. The minimum atomic E-state index is -4.15. The fraction of sp³-hybridized carbons (Fsp3) is 0.188. The van der Waals surface area contributed by atoms with Gasteiger partial charge in [-0.1, -0.05) is 78.4 Å². The Balaban J connectivity index is 1.77. The van der Waals surface area contributed by atoms with Crippen molar-refractivity contribution in [1.29, 1.82) is 0 Å². The van der Waals surface area contributed by atoms with Gasteiger partial charge in [-0.05, 0) is 54.4 Å². The highest BCUT2D eigenvalue weighted by Crippen LogP contribution is 2.25. The number of benzene rings is 4. The highest BCUT2D eigenvalue weighted by Gasteiger charge is 2.34. The maximum absolute atomic E-state index is 14.2. The molecule has 1 N–H and O–H groups in total. The van der Waals surface area contributed by atoms with E-state index in [1.165, 1.54) is 48.3 Å². The Morgan fingerprint density at radius 1 is 0.805 bits per heavy atom. The van der Waals surface area contributed by atoms with Gasteiger partial charge in [0.1, 0.15) is 18.4 Å². The number of rotatable bonds is 11. The Kier molecular flexibility index (Phi) is 9.52. The maximum Gasteiger partial charge on any atom is 0.264 e. The van der Waals surface area contributed by atoms with E-state index in [0.717, 1.165) is 15.4 Å². The Hall–Kier alpha value is -4.50. The molecule has 4 aromatic rings. The fourth-order valence-electron chi connectivity index (χ4n) is 4.47. The summed E-state index contributed by atoms with van der Waals surface area (Å²) in [7, 11) is -2.66. The normalized spacial score (nSPS) is 11.9. The van der Waals surface area contributed by atoms with E-state index in [0.29, 0.717) is 11.3 Å². The third-order valence-electron chi connectivity index (χ3n) is 6.72. The van der Waals surface area contributed by atoms with E-state index in [9.17, 15) is 22.4 Å². The Bertz CT molecular complexity index is 1560. The van der Waals surface area contributed by atoms with Crippen LogP contribution in [0.25, 0.3) is 0 Å². The molecule has 0 aliphatic heterocycles. The molecule has 1 atom stereocenters. The van der Waals surface area contributed by atoms with Gasteiger partial charge in [0, 0.05) is 20.0 Å². The molecule has 9 heteroatoms. The lowest BCUT2D eigenvalue weighted by atomic mass is 10.0. The predicted octanol–water partition coefficient (Wildman–Crippen LogP) is 4.72. The highest BCUT2D eigenvalue weighted by molar-refractivity contribution is 7.92. The first-order chi connectivity index (χ1) is 19.7. The van der Waals surface area contributed by atoms with Crippen LogP contribution < -0.4 is 9.62 Å². The number of nitrogens with zero attached hydrogens (tertiary/aromatic N) is 2. The number of amides is 2. The van der Waals surface area contributed by atoms with Gasteiger partial charge in [-0.25, -0.2) is 12.8 Å². The fourth-order valence-corrected chi connectivity index (χ4v) is 5.90. The third-order valence-corrected chi connectivity index (χ3v) is 8.50. The molecule has 0 spiro atoms. The first kappa shape index (κ1) is 29.5. The molecule has 0 bridgehead atoms. The molecule has 0 aromatic heterocycles. The minimum absolute atomic E-state index is 0.0306. The number of nitrogens with one attached hydrogen (secondary N) is 1. The number of anilines is 1. The van der Waals surface area contributed by atoms with Gasteiger partial charge >= 0.3 is 0 Å². The van der Waals surface area contributed by atoms with E-state index < -0.39 is 40.2 Å². The Labute approximate surface area is 240 Å². The first-order valence-electron chi connectivity index (χ1n) is 13.1. The Morgan fingerprint density at radius 2 is 1.39 bits per heavy atom. The van der Waals surface area contributed by atoms with E-state index >= 15 is 0 Å². The van der Waals surface area contributed by atoms with Crippen LogP contribution in [0.3, 0.4) is 0 Å². The van der Waals surface area contributed by atoms with Gasteiger partial charge in [-0.3, -0.25) is 13.9 Å². The van der Waals surface area contributed by atoms with Gasteiger partial charge in [0.05, 0.1) is 10.6 Å². The molecule has 2 amide bonds. The lowest BCUT2D eigenvalue weighted by molar-refractivity contribution is -0.139. The molecule has 7 nitrogen and oxygen atoms in total. The average Bonchev–Trinajstić information content (AvgIpc) is 2.99. The van der Waals surface area contributed by atoms with Crippen LogP contribution in [0.1, 0.15) is 16.7 Å². The zero-order valence-electron chi connectivity index (χ0n) is 22.9. The van der Waals surface area contributed by atoms with E-state index in [-0.39, 0.29) is 17.9 Å². The van der Waals surface area contributed by atoms with Crippen molar-refractivity contribution in [2.75, 3.05) is 17.9 Å².